The van der Waals surface area contributed by atoms with E-state index in [9.17, 15) is 4.79 Å². The minimum absolute atomic E-state index is 0.0439. The summed E-state index contributed by atoms with van der Waals surface area (Å²) in [5.41, 5.74) is 2.20. The summed E-state index contributed by atoms with van der Waals surface area (Å²) in [6.07, 6.45) is 0.537. The number of cyclic esters (lactones) is 1. The van der Waals surface area contributed by atoms with Crippen molar-refractivity contribution in [3.8, 4) is 0 Å². The highest BCUT2D eigenvalue weighted by Crippen LogP contribution is 2.41. The summed E-state index contributed by atoms with van der Waals surface area (Å²) < 4.78 is 5.38. The van der Waals surface area contributed by atoms with E-state index in [1.54, 1.807) is 0 Å². The second kappa shape index (κ2) is 5.55. The van der Waals surface area contributed by atoms with Crippen molar-refractivity contribution >= 4 is 5.97 Å². The van der Waals surface area contributed by atoms with Gasteiger partial charge in [-0.2, -0.15) is 5.06 Å². The van der Waals surface area contributed by atoms with E-state index < -0.39 is 0 Å². The normalized spacial score (nSPS) is 28.2. The standard InChI is InChI=1S/C18H17NO3/c20-18-15-11-17(14-9-5-2-6-10-14)22-19(15)16(12-21-18)13-7-3-1-4-8-13/h1-10,15-17H,11-12H2/t15-,16+,17-/m0/s1. The van der Waals surface area contributed by atoms with Crippen LogP contribution in [0.3, 0.4) is 0 Å². The molecule has 22 heavy (non-hydrogen) atoms. The molecular formula is C18H17NO3. The molecule has 2 aromatic carbocycles. The predicted octanol–water partition coefficient (Wildman–Crippen LogP) is 3.03. The van der Waals surface area contributed by atoms with Crippen molar-refractivity contribution in [2.45, 2.75) is 24.6 Å². The number of fused-ring (bicyclic) bond motifs is 1. The zero-order chi connectivity index (χ0) is 14.9. The van der Waals surface area contributed by atoms with Crippen LogP contribution in [0.1, 0.15) is 29.7 Å². The van der Waals surface area contributed by atoms with Crippen molar-refractivity contribution in [1.82, 2.24) is 5.06 Å². The molecule has 2 aromatic rings. The molecule has 4 nitrogen and oxygen atoms in total. The van der Waals surface area contributed by atoms with Crippen molar-refractivity contribution in [3.63, 3.8) is 0 Å². The minimum Gasteiger partial charge on any atom is -0.462 e. The van der Waals surface area contributed by atoms with Crippen LogP contribution in [-0.2, 0) is 14.4 Å². The molecule has 2 heterocycles. The van der Waals surface area contributed by atoms with Crippen LogP contribution in [0.4, 0.5) is 0 Å². The van der Waals surface area contributed by atoms with Crippen LogP contribution in [-0.4, -0.2) is 23.7 Å². The summed E-state index contributed by atoms with van der Waals surface area (Å²) in [5, 5.41) is 1.83. The summed E-state index contributed by atoms with van der Waals surface area (Å²) in [4.78, 5) is 18.2. The van der Waals surface area contributed by atoms with Gasteiger partial charge in [0.15, 0.2) is 0 Å². The number of benzene rings is 2. The molecule has 2 aliphatic rings. The average molecular weight is 295 g/mol. The number of carbonyl (C=O) groups excluding carboxylic acids is 1. The number of hydrogen-bond donors (Lipinski definition) is 0. The molecule has 2 aliphatic heterocycles. The second-order valence-corrected chi connectivity index (χ2v) is 5.67. The molecule has 3 atom stereocenters. The van der Waals surface area contributed by atoms with E-state index in [1.165, 1.54) is 0 Å². The molecule has 2 saturated heterocycles. The summed E-state index contributed by atoms with van der Waals surface area (Å²) in [6, 6.07) is 19.7. The van der Waals surface area contributed by atoms with E-state index in [4.69, 9.17) is 9.57 Å². The van der Waals surface area contributed by atoms with Crippen molar-refractivity contribution < 1.29 is 14.4 Å². The van der Waals surface area contributed by atoms with Gasteiger partial charge in [0.05, 0.1) is 6.04 Å². The molecule has 0 radical (unpaired) electrons. The molecule has 4 heteroatoms. The molecule has 0 N–H and O–H groups in total. The van der Waals surface area contributed by atoms with Crippen LogP contribution in [0.15, 0.2) is 60.7 Å². The Morgan fingerprint density at radius 3 is 2.18 bits per heavy atom. The third-order valence-electron chi connectivity index (χ3n) is 4.31. The number of morpholine rings is 1. The number of esters is 1. The van der Waals surface area contributed by atoms with Gasteiger partial charge >= 0.3 is 5.97 Å². The van der Waals surface area contributed by atoms with E-state index in [0.29, 0.717) is 13.0 Å². The number of hydroxylamine groups is 2. The average Bonchev–Trinajstić information content (AvgIpc) is 3.03. The molecule has 0 spiro atoms. The molecule has 0 aliphatic carbocycles. The summed E-state index contributed by atoms with van der Waals surface area (Å²) >= 11 is 0. The van der Waals surface area contributed by atoms with Gasteiger partial charge in [-0.1, -0.05) is 60.7 Å². The zero-order valence-corrected chi connectivity index (χ0v) is 12.1. The zero-order valence-electron chi connectivity index (χ0n) is 12.1. The molecule has 0 aromatic heterocycles. The largest absolute Gasteiger partial charge is 0.462 e. The first-order chi connectivity index (χ1) is 10.8. The Hall–Kier alpha value is -2.17. The van der Waals surface area contributed by atoms with Gasteiger partial charge in [-0.25, -0.2) is 0 Å². The number of hydrogen-bond acceptors (Lipinski definition) is 4. The lowest BCUT2D eigenvalue weighted by molar-refractivity contribution is -0.228. The van der Waals surface area contributed by atoms with Gasteiger partial charge in [-0.15, -0.1) is 0 Å². The molecule has 0 unspecified atom stereocenters. The number of ether oxygens (including phenoxy) is 1. The van der Waals surface area contributed by atoms with Crippen LogP contribution in [0.25, 0.3) is 0 Å². The fraction of sp³-hybridized carbons (Fsp3) is 0.278. The van der Waals surface area contributed by atoms with E-state index >= 15 is 0 Å². The van der Waals surface area contributed by atoms with E-state index in [2.05, 4.69) is 0 Å². The maximum atomic E-state index is 12.1. The lowest BCUT2D eigenvalue weighted by atomic mass is 10.0. The van der Waals surface area contributed by atoms with Gasteiger partial charge in [0, 0.05) is 6.42 Å². The molecule has 0 amide bonds. The van der Waals surface area contributed by atoms with Crippen molar-refractivity contribution in [2.24, 2.45) is 0 Å². The molecule has 4 rings (SSSR count). The SMILES string of the molecule is O=C1OC[C@H](c2ccccc2)N2O[C@H](c3ccccc3)C[C@@H]12. The Morgan fingerprint density at radius 2 is 1.50 bits per heavy atom. The number of rotatable bonds is 2. The van der Waals surface area contributed by atoms with Crippen LogP contribution < -0.4 is 0 Å². The molecule has 2 fully saturated rings. The van der Waals surface area contributed by atoms with E-state index in [1.807, 2.05) is 65.7 Å². The second-order valence-electron chi connectivity index (χ2n) is 5.67. The highest BCUT2D eigenvalue weighted by molar-refractivity contribution is 5.77. The van der Waals surface area contributed by atoms with Crippen LogP contribution in [0, 0.1) is 0 Å². The summed E-state index contributed by atoms with van der Waals surface area (Å²) in [7, 11) is 0. The Balaban J connectivity index is 1.63. The first-order valence-corrected chi connectivity index (χ1v) is 7.54. The minimum atomic E-state index is -0.329. The van der Waals surface area contributed by atoms with Crippen LogP contribution in [0.2, 0.25) is 0 Å². The smallest absolute Gasteiger partial charge is 0.325 e. The first-order valence-electron chi connectivity index (χ1n) is 7.54. The Morgan fingerprint density at radius 1 is 0.864 bits per heavy atom. The summed E-state index contributed by atoms with van der Waals surface area (Å²) in [6.45, 7) is 0.334. The van der Waals surface area contributed by atoms with Gasteiger partial charge in [0.25, 0.3) is 0 Å². The maximum Gasteiger partial charge on any atom is 0.325 e. The highest BCUT2D eigenvalue weighted by atomic mass is 16.7. The highest BCUT2D eigenvalue weighted by Gasteiger charge is 2.47. The van der Waals surface area contributed by atoms with Gasteiger partial charge in [0.2, 0.25) is 0 Å². The van der Waals surface area contributed by atoms with Crippen molar-refractivity contribution in [1.29, 1.82) is 0 Å². The monoisotopic (exact) mass is 295 g/mol. The lowest BCUT2D eigenvalue weighted by Gasteiger charge is -2.34. The maximum absolute atomic E-state index is 12.1. The number of nitrogens with zero attached hydrogens (tertiary/aromatic N) is 1. The fourth-order valence-corrected chi connectivity index (χ4v) is 3.17. The van der Waals surface area contributed by atoms with Crippen LogP contribution in [0.5, 0.6) is 0 Å². The number of carbonyl (C=O) groups is 1. The van der Waals surface area contributed by atoms with Gasteiger partial charge in [-0.3, -0.25) is 9.63 Å². The molecular weight excluding hydrogens is 278 g/mol. The molecule has 112 valence electrons. The van der Waals surface area contributed by atoms with Gasteiger partial charge in [0.1, 0.15) is 18.8 Å². The van der Waals surface area contributed by atoms with Crippen molar-refractivity contribution in [2.75, 3.05) is 6.61 Å². The Kier molecular flexibility index (Phi) is 3.41. The van der Waals surface area contributed by atoms with E-state index in [0.717, 1.165) is 11.1 Å². The van der Waals surface area contributed by atoms with Gasteiger partial charge in [-0.05, 0) is 11.1 Å². The van der Waals surface area contributed by atoms with Crippen LogP contribution >= 0.6 is 0 Å². The lowest BCUT2D eigenvalue weighted by Crippen LogP contribution is -2.46. The molecule has 0 saturated carbocycles. The van der Waals surface area contributed by atoms with Gasteiger partial charge < -0.3 is 4.74 Å². The predicted molar refractivity (Wildman–Crippen MR) is 80.7 cm³/mol. The third kappa shape index (κ3) is 2.30. The first kappa shape index (κ1) is 13.5. The third-order valence-corrected chi connectivity index (χ3v) is 4.31. The Labute approximate surface area is 129 Å². The topological polar surface area (TPSA) is 38.8 Å². The quantitative estimate of drug-likeness (QED) is 0.798. The van der Waals surface area contributed by atoms with Crippen molar-refractivity contribution in [3.05, 3.63) is 71.8 Å². The Bertz CT molecular complexity index is 659. The summed E-state index contributed by atoms with van der Waals surface area (Å²) in [5.74, 6) is -0.189. The van der Waals surface area contributed by atoms with E-state index in [-0.39, 0.29) is 24.2 Å². The fourth-order valence-electron chi connectivity index (χ4n) is 3.17. The molecule has 0 bridgehead atoms.